The summed E-state index contributed by atoms with van der Waals surface area (Å²) in [7, 11) is 0. The van der Waals surface area contributed by atoms with E-state index in [2.05, 4.69) is 10.6 Å². The Bertz CT molecular complexity index is 879. The van der Waals surface area contributed by atoms with Crippen LogP contribution in [0.1, 0.15) is 27.2 Å². The maximum absolute atomic E-state index is 14.9. The van der Waals surface area contributed by atoms with E-state index in [1.165, 1.54) is 24.0 Å². The minimum atomic E-state index is -0.956. The van der Waals surface area contributed by atoms with Gasteiger partial charge < -0.3 is 15.4 Å². The molecule has 1 fully saturated rings. The van der Waals surface area contributed by atoms with Crippen LogP contribution in [0.15, 0.2) is 47.7 Å². The number of amides is 2. The molecule has 3 rings (SSSR count). The van der Waals surface area contributed by atoms with Gasteiger partial charge in [-0.15, -0.1) is 0 Å². The van der Waals surface area contributed by atoms with Crippen LogP contribution < -0.4 is 10.6 Å². The number of halogens is 2. The molecular formula is C21H25F2N3O4. The molecule has 2 aliphatic carbocycles. The number of hydrogen-bond donors (Lipinski definition) is 2. The highest BCUT2D eigenvalue weighted by Crippen LogP contribution is 2.34. The number of nitrogens with zero attached hydrogens (tertiary/aromatic N) is 1. The van der Waals surface area contributed by atoms with E-state index < -0.39 is 41.3 Å². The first-order chi connectivity index (χ1) is 14.1. The summed E-state index contributed by atoms with van der Waals surface area (Å²) in [6, 6.07) is -0.803. The zero-order valence-corrected chi connectivity index (χ0v) is 17.1. The Morgan fingerprint density at radius 3 is 2.73 bits per heavy atom. The minimum Gasteiger partial charge on any atom is -0.442 e. The zero-order chi connectivity index (χ0) is 22.1. The Morgan fingerprint density at radius 1 is 1.33 bits per heavy atom. The van der Waals surface area contributed by atoms with Crippen LogP contribution in [-0.2, 0) is 14.3 Å². The van der Waals surface area contributed by atoms with E-state index in [9.17, 15) is 23.2 Å². The number of ether oxygens (including phenoxy) is 1. The van der Waals surface area contributed by atoms with Crippen LogP contribution >= 0.6 is 0 Å². The lowest BCUT2D eigenvalue weighted by molar-refractivity contribution is -0.119. The summed E-state index contributed by atoms with van der Waals surface area (Å²) in [6.07, 6.45) is 5.63. The van der Waals surface area contributed by atoms with Gasteiger partial charge in [-0.3, -0.25) is 14.5 Å². The molecule has 30 heavy (non-hydrogen) atoms. The number of hydrogen-bond acceptors (Lipinski definition) is 5. The number of carbonyl (C=O) groups is 3. The van der Waals surface area contributed by atoms with Gasteiger partial charge in [-0.1, -0.05) is 13.0 Å². The first kappa shape index (κ1) is 21.7. The van der Waals surface area contributed by atoms with Crippen molar-refractivity contribution in [1.29, 1.82) is 0 Å². The quantitative estimate of drug-likeness (QED) is 0.712. The van der Waals surface area contributed by atoms with Gasteiger partial charge in [-0.25, -0.2) is 13.6 Å². The molecule has 0 aromatic carbocycles. The van der Waals surface area contributed by atoms with E-state index in [0.29, 0.717) is 6.42 Å². The van der Waals surface area contributed by atoms with E-state index in [-0.39, 0.29) is 30.5 Å². The third-order valence-electron chi connectivity index (χ3n) is 5.46. The van der Waals surface area contributed by atoms with Gasteiger partial charge in [0, 0.05) is 12.8 Å². The molecule has 3 aliphatic rings. The highest BCUT2D eigenvalue weighted by Gasteiger charge is 2.43. The first-order valence-corrected chi connectivity index (χ1v) is 9.76. The second-order valence-electron chi connectivity index (χ2n) is 7.99. The van der Waals surface area contributed by atoms with E-state index in [0.717, 1.165) is 12.2 Å². The van der Waals surface area contributed by atoms with Crippen molar-refractivity contribution in [1.82, 2.24) is 15.5 Å². The summed E-state index contributed by atoms with van der Waals surface area (Å²) in [5.74, 6) is -2.18. The number of cyclic esters (lactones) is 1. The number of allylic oxidation sites excluding steroid dienone is 3. The molecule has 9 heteroatoms. The minimum absolute atomic E-state index is 0.129. The Morgan fingerprint density at radius 2 is 2.07 bits per heavy atom. The Kier molecular flexibility index (Phi) is 6.09. The van der Waals surface area contributed by atoms with Crippen LogP contribution in [-0.4, -0.2) is 53.5 Å². The van der Waals surface area contributed by atoms with Crippen molar-refractivity contribution in [2.24, 2.45) is 5.92 Å². The second-order valence-corrected chi connectivity index (χ2v) is 7.99. The topological polar surface area (TPSA) is 87.7 Å². The molecule has 0 spiro atoms. The Hall–Kier alpha value is -2.97. The van der Waals surface area contributed by atoms with Gasteiger partial charge in [0.25, 0.3) is 0 Å². The molecule has 1 heterocycles. The fraction of sp³-hybridized carbons (Fsp3) is 0.476. The maximum atomic E-state index is 14.9. The van der Waals surface area contributed by atoms with Gasteiger partial charge in [0.2, 0.25) is 5.91 Å². The predicted molar refractivity (Wildman–Crippen MR) is 105 cm³/mol. The molecule has 1 saturated heterocycles. The summed E-state index contributed by atoms with van der Waals surface area (Å²) in [5, 5.41) is 5.47. The average molecular weight is 421 g/mol. The largest absolute Gasteiger partial charge is 0.442 e. The van der Waals surface area contributed by atoms with Gasteiger partial charge in [0.05, 0.1) is 30.4 Å². The molecule has 1 aliphatic heterocycles. The van der Waals surface area contributed by atoms with Crippen LogP contribution in [0.3, 0.4) is 0 Å². The summed E-state index contributed by atoms with van der Waals surface area (Å²) in [4.78, 5) is 37.0. The van der Waals surface area contributed by atoms with E-state index in [4.69, 9.17) is 4.74 Å². The molecule has 2 amide bonds. The lowest BCUT2D eigenvalue weighted by Gasteiger charge is -2.37. The SMILES string of the molecule is CC(=O)NC[C@H]1CN(C2(C)C=C(F)C(NC3C(=O)C=CC(F)=CC3C)=CC2)C(=O)O1. The second kappa shape index (κ2) is 8.41. The highest BCUT2D eigenvalue weighted by molar-refractivity contribution is 5.95. The summed E-state index contributed by atoms with van der Waals surface area (Å²) >= 11 is 0. The Labute approximate surface area is 173 Å². The molecule has 162 valence electrons. The van der Waals surface area contributed by atoms with Crippen molar-refractivity contribution in [2.75, 3.05) is 13.1 Å². The van der Waals surface area contributed by atoms with Crippen molar-refractivity contribution >= 4 is 17.8 Å². The third kappa shape index (κ3) is 4.60. The van der Waals surface area contributed by atoms with Gasteiger partial charge in [-0.05, 0) is 37.6 Å². The fourth-order valence-electron chi connectivity index (χ4n) is 3.73. The average Bonchev–Trinajstić information content (AvgIpc) is 3.00. The summed E-state index contributed by atoms with van der Waals surface area (Å²) in [6.45, 7) is 5.15. The van der Waals surface area contributed by atoms with Gasteiger partial charge >= 0.3 is 6.09 Å². The van der Waals surface area contributed by atoms with Crippen LogP contribution in [0.25, 0.3) is 0 Å². The normalized spacial score (nSPS) is 31.4. The highest BCUT2D eigenvalue weighted by atomic mass is 19.1. The van der Waals surface area contributed by atoms with Crippen LogP contribution in [0.4, 0.5) is 13.6 Å². The van der Waals surface area contributed by atoms with Crippen molar-refractivity contribution in [3.63, 3.8) is 0 Å². The molecule has 4 atom stereocenters. The maximum Gasteiger partial charge on any atom is 0.411 e. The van der Waals surface area contributed by atoms with Gasteiger partial charge in [0.1, 0.15) is 17.8 Å². The third-order valence-corrected chi connectivity index (χ3v) is 5.46. The number of carbonyl (C=O) groups excluding carboxylic acids is 3. The molecular weight excluding hydrogens is 396 g/mol. The van der Waals surface area contributed by atoms with Crippen molar-refractivity contribution in [3.05, 3.63) is 47.7 Å². The molecule has 0 bridgehead atoms. The van der Waals surface area contributed by atoms with Crippen molar-refractivity contribution in [2.45, 2.75) is 44.9 Å². The van der Waals surface area contributed by atoms with E-state index in [1.54, 1.807) is 19.9 Å². The van der Waals surface area contributed by atoms with Crippen LogP contribution in [0.2, 0.25) is 0 Å². The molecule has 0 saturated carbocycles. The van der Waals surface area contributed by atoms with Crippen LogP contribution in [0.5, 0.6) is 0 Å². The number of ketones is 1. The lowest BCUT2D eigenvalue weighted by atomic mass is 9.89. The number of nitrogens with one attached hydrogen (secondary N) is 2. The molecule has 3 unspecified atom stereocenters. The van der Waals surface area contributed by atoms with Crippen molar-refractivity contribution < 1.29 is 27.9 Å². The molecule has 0 radical (unpaired) electrons. The molecule has 2 N–H and O–H groups in total. The van der Waals surface area contributed by atoms with E-state index in [1.807, 2.05) is 0 Å². The predicted octanol–water partition coefficient (Wildman–Crippen LogP) is 2.43. The van der Waals surface area contributed by atoms with E-state index >= 15 is 0 Å². The van der Waals surface area contributed by atoms with Crippen molar-refractivity contribution in [3.8, 4) is 0 Å². The zero-order valence-electron chi connectivity index (χ0n) is 17.1. The lowest BCUT2D eigenvalue weighted by Crippen LogP contribution is -2.48. The van der Waals surface area contributed by atoms with Gasteiger partial charge in [-0.2, -0.15) is 0 Å². The van der Waals surface area contributed by atoms with Gasteiger partial charge in [0.15, 0.2) is 5.78 Å². The standard InChI is InChI=1S/C21H25F2N3O4/c1-12-8-14(22)4-5-18(28)19(12)25-17-6-7-21(3,9-16(17)23)26-11-15(30-20(26)29)10-24-13(2)27/h4-6,8-9,12,15,19,25H,7,10-11H2,1-3H3,(H,24,27)/t12?,15-,19?,21?/m0/s1. The first-order valence-electron chi connectivity index (χ1n) is 9.76. The molecule has 0 aromatic rings. The molecule has 7 nitrogen and oxygen atoms in total. The fourth-order valence-corrected chi connectivity index (χ4v) is 3.73. The summed E-state index contributed by atoms with van der Waals surface area (Å²) in [5.41, 5.74) is -0.827. The number of rotatable bonds is 5. The Balaban J connectivity index is 1.70. The van der Waals surface area contributed by atoms with Crippen LogP contribution in [0, 0.1) is 5.92 Å². The summed E-state index contributed by atoms with van der Waals surface area (Å²) < 4.78 is 33.8. The monoisotopic (exact) mass is 421 g/mol. The molecule has 0 aromatic heterocycles. The smallest absolute Gasteiger partial charge is 0.411 e.